The molecular weight excluding hydrogens is 246 g/mol. The molecule has 1 heterocycles. The zero-order valence-corrected chi connectivity index (χ0v) is 9.43. The number of thiazole rings is 1. The highest BCUT2D eigenvalue weighted by Crippen LogP contribution is 2.30. The Labute approximate surface area is 99.8 Å². The lowest BCUT2D eigenvalue weighted by Gasteiger charge is -2.00. The Kier molecular flexibility index (Phi) is 3.14. The smallest absolute Gasteiger partial charge is 0.289 e. The first-order valence-electron chi connectivity index (χ1n) is 4.72. The summed E-state index contributed by atoms with van der Waals surface area (Å²) in [5.41, 5.74) is 1.04. The third kappa shape index (κ3) is 2.47. The summed E-state index contributed by atoms with van der Waals surface area (Å²) in [5.74, 6) is -0.344. The minimum absolute atomic E-state index is 0.216. The van der Waals surface area contributed by atoms with Crippen LogP contribution in [-0.4, -0.2) is 10.9 Å². The number of fused-ring (bicyclic) bond motifs is 1. The highest BCUT2D eigenvalue weighted by molar-refractivity contribution is 7.18. The number of rotatable bonds is 3. The average Bonchev–Trinajstić information content (AvgIpc) is 2.72. The van der Waals surface area contributed by atoms with Gasteiger partial charge in [-0.1, -0.05) is 6.58 Å². The van der Waals surface area contributed by atoms with E-state index in [9.17, 15) is 13.6 Å². The van der Waals surface area contributed by atoms with Gasteiger partial charge in [0.25, 0.3) is 6.43 Å². The van der Waals surface area contributed by atoms with Crippen LogP contribution in [0.15, 0.2) is 30.9 Å². The number of carbonyl (C=O) groups is 1. The number of benzene rings is 1. The molecule has 0 saturated heterocycles. The second-order valence-electron chi connectivity index (χ2n) is 3.23. The predicted octanol–water partition coefficient (Wildman–Crippen LogP) is 3.36. The number of aromatic nitrogens is 1. The lowest BCUT2D eigenvalue weighted by atomic mass is 10.3. The van der Waals surface area contributed by atoms with Crippen LogP contribution in [0, 0.1) is 0 Å². The fourth-order valence-corrected chi connectivity index (χ4v) is 2.17. The number of hydrogen-bond acceptors (Lipinski definition) is 3. The normalized spacial score (nSPS) is 10.8. The third-order valence-electron chi connectivity index (χ3n) is 2.04. The summed E-state index contributed by atoms with van der Waals surface area (Å²) in [4.78, 5) is 14.9. The third-order valence-corrected chi connectivity index (χ3v) is 3.07. The Morgan fingerprint density at radius 3 is 2.94 bits per heavy atom. The molecule has 88 valence electrons. The summed E-state index contributed by atoms with van der Waals surface area (Å²) >= 11 is 0.916. The van der Waals surface area contributed by atoms with Crippen LogP contribution < -0.4 is 5.32 Å². The van der Waals surface area contributed by atoms with Gasteiger partial charge in [0.1, 0.15) is 0 Å². The molecule has 0 aliphatic heterocycles. The van der Waals surface area contributed by atoms with Crippen LogP contribution in [0.25, 0.3) is 10.2 Å². The molecule has 1 amide bonds. The van der Waals surface area contributed by atoms with E-state index in [1.54, 1.807) is 18.2 Å². The van der Waals surface area contributed by atoms with Crippen molar-refractivity contribution in [2.24, 2.45) is 0 Å². The molecule has 0 spiro atoms. The molecule has 3 nitrogen and oxygen atoms in total. The monoisotopic (exact) mass is 254 g/mol. The van der Waals surface area contributed by atoms with Gasteiger partial charge in [-0.25, -0.2) is 13.8 Å². The van der Waals surface area contributed by atoms with Crippen LogP contribution in [0.4, 0.5) is 14.5 Å². The minimum atomic E-state index is -2.57. The first kappa shape index (κ1) is 11.7. The Morgan fingerprint density at radius 1 is 1.53 bits per heavy atom. The molecule has 1 aromatic heterocycles. The minimum Gasteiger partial charge on any atom is -0.322 e. The van der Waals surface area contributed by atoms with E-state index in [-0.39, 0.29) is 10.9 Å². The number of anilines is 1. The largest absolute Gasteiger partial charge is 0.322 e. The van der Waals surface area contributed by atoms with Crippen molar-refractivity contribution in [1.82, 2.24) is 4.98 Å². The van der Waals surface area contributed by atoms with E-state index >= 15 is 0 Å². The summed E-state index contributed by atoms with van der Waals surface area (Å²) < 4.78 is 25.5. The number of amides is 1. The van der Waals surface area contributed by atoms with Gasteiger partial charge in [0.2, 0.25) is 5.91 Å². The van der Waals surface area contributed by atoms with Gasteiger partial charge < -0.3 is 5.32 Å². The SMILES string of the molecule is C=CC(=O)Nc1ccc2nc(C(F)F)sc2c1. The number of hydrogen-bond donors (Lipinski definition) is 1. The van der Waals surface area contributed by atoms with Crippen LogP contribution in [-0.2, 0) is 4.79 Å². The zero-order chi connectivity index (χ0) is 12.4. The zero-order valence-electron chi connectivity index (χ0n) is 8.61. The number of alkyl halides is 2. The van der Waals surface area contributed by atoms with E-state index in [0.29, 0.717) is 15.9 Å². The Morgan fingerprint density at radius 2 is 2.29 bits per heavy atom. The van der Waals surface area contributed by atoms with Gasteiger partial charge in [-0.15, -0.1) is 11.3 Å². The molecule has 2 aromatic rings. The van der Waals surface area contributed by atoms with Crippen LogP contribution in [0.5, 0.6) is 0 Å². The molecule has 6 heteroatoms. The van der Waals surface area contributed by atoms with Crippen LogP contribution in [0.1, 0.15) is 11.4 Å². The summed E-state index contributed by atoms with van der Waals surface area (Å²) in [7, 11) is 0. The fourth-order valence-electron chi connectivity index (χ4n) is 1.31. The van der Waals surface area contributed by atoms with Gasteiger partial charge in [0, 0.05) is 5.69 Å². The van der Waals surface area contributed by atoms with Crippen molar-refractivity contribution in [2.75, 3.05) is 5.32 Å². The van der Waals surface area contributed by atoms with Crippen molar-refractivity contribution in [3.8, 4) is 0 Å². The first-order valence-corrected chi connectivity index (χ1v) is 5.54. The molecule has 0 saturated carbocycles. The Balaban J connectivity index is 2.36. The lowest BCUT2D eigenvalue weighted by Crippen LogP contribution is -2.06. The number of nitrogens with zero attached hydrogens (tertiary/aromatic N) is 1. The molecular formula is C11H8F2N2OS. The summed E-state index contributed by atoms with van der Waals surface area (Å²) in [6.45, 7) is 3.33. The molecule has 2 rings (SSSR count). The van der Waals surface area contributed by atoms with Crippen molar-refractivity contribution in [3.05, 3.63) is 35.9 Å². The number of halogens is 2. The van der Waals surface area contributed by atoms with Crippen LogP contribution >= 0.6 is 11.3 Å². The molecule has 0 atom stereocenters. The van der Waals surface area contributed by atoms with Gasteiger partial charge in [0.05, 0.1) is 10.2 Å². The summed E-state index contributed by atoms with van der Waals surface area (Å²) in [6.07, 6.45) is -1.43. The molecule has 1 aromatic carbocycles. The van der Waals surface area contributed by atoms with Crippen LogP contribution in [0.3, 0.4) is 0 Å². The molecule has 0 aliphatic carbocycles. The second kappa shape index (κ2) is 4.58. The van der Waals surface area contributed by atoms with E-state index < -0.39 is 6.43 Å². The average molecular weight is 254 g/mol. The number of nitrogens with one attached hydrogen (secondary N) is 1. The maximum absolute atomic E-state index is 12.4. The van der Waals surface area contributed by atoms with Crippen LogP contribution in [0.2, 0.25) is 0 Å². The van der Waals surface area contributed by atoms with Gasteiger partial charge in [-0.05, 0) is 24.3 Å². The summed E-state index contributed by atoms with van der Waals surface area (Å²) in [5, 5.41) is 2.34. The topological polar surface area (TPSA) is 42.0 Å². The highest BCUT2D eigenvalue weighted by Gasteiger charge is 2.13. The maximum Gasteiger partial charge on any atom is 0.289 e. The summed E-state index contributed by atoms with van der Waals surface area (Å²) in [6, 6.07) is 4.81. The van der Waals surface area contributed by atoms with Gasteiger partial charge in [0.15, 0.2) is 5.01 Å². The Bertz CT molecular complexity index is 580. The Hall–Kier alpha value is -1.82. The predicted molar refractivity (Wildman–Crippen MR) is 63.4 cm³/mol. The molecule has 0 aliphatic rings. The van der Waals surface area contributed by atoms with Gasteiger partial charge in [-0.3, -0.25) is 4.79 Å². The molecule has 0 bridgehead atoms. The molecule has 0 unspecified atom stereocenters. The van der Waals surface area contributed by atoms with Gasteiger partial charge in [-0.2, -0.15) is 0 Å². The fraction of sp³-hybridized carbons (Fsp3) is 0.0909. The van der Waals surface area contributed by atoms with Crippen molar-refractivity contribution in [3.63, 3.8) is 0 Å². The number of carbonyl (C=O) groups excluding carboxylic acids is 1. The molecule has 17 heavy (non-hydrogen) atoms. The molecule has 1 N–H and O–H groups in total. The first-order chi connectivity index (χ1) is 8.10. The molecule has 0 radical (unpaired) electrons. The van der Waals surface area contributed by atoms with E-state index in [1.807, 2.05) is 0 Å². The van der Waals surface area contributed by atoms with Gasteiger partial charge >= 0.3 is 0 Å². The van der Waals surface area contributed by atoms with E-state index in [2.05, 4.69) is 16.9 Å². The highest BCUT2D eigenvalue weighted by atomic mass is 32.1. The van der Waals surface area contributed by atoms with E-state index in [1.165, 1.54) is 0 Å². The maximum atomic E-state index is 12.4. The van der Waals surface area contributed by atoms with Crippen molar-refractivity contribution < 1.29 is 13.6 Å². The van der Waals surface area contributed by atoms with E-state index in [0.717, 1.165) is 17.4 Å². The standard InChI is InChI=1S/C11H8F2N2OS/c1-2-9(16)14-6-3-4-7-8(5-6)17-11(15-7)10(12)13/h2-5,10H,1H2,(H,14,16). The quantitative estimate of drug-likeness (QED) is 0.853. The van der Waals surface area contributed by atoms with Crippen molar-refractivity contribution in [2.45, 2.75) is 6.43 Å². The lowest BCUT2D eigenvalue weighted by molar-refractivity contribution is -0.111. The van der Waals surface area contributed by atoms with Crippen molar-refractivity contribution in [1.29, 1.82) is 0 Å². The van der Waals surface area contributed by atoms with E-state index in [4.69, 9.17) is 0 Å². The van der Waals surface area contributed by atoms with Crippen molar-refractivity contribution >= 4 is 33.1 Å². The second-order valence-corrected chi connectivity index (χ2v) is 4.29. The molecule has 0 fully saturated rings.